The van der Waals surface area contributed by atoms with E-state index in [1.54, 1.807) is 20.8 Å². The van der Waals surface area contributed by atoms with Crippen molar-refractivity contribution in [2.45, 2.75) is 43.9 Å². The van der Waals surface area contributed by atoms with Gasteiger partial charge in [0.1, 0.15) is 22.7 Å². The van der Waals surface area contributed by atoms with E-state index < -0.39 is 47.1 Å². The molecule has 4 rings (SSSR count). The highest BCUT2D eigenvalue weighted by molar-refractivity contribution is 8.00. The number of benzene rings is 2. The molecule has 0 unspecified atom stereocenters. The van der Waals surface area contributed by atoms with Crippen LogP contribution in [-0.4, -0.2) is 58.7 Å². The number of amides is 2. The lowest BCUT2D eigenvalue weighted by Gasteiger charge is -2.49. The van der Waals surface area contributed by atoms with Gasteiger partial charge in [-0.25, -0.2) is 14.4 Å². The van der Waals surface area contributed by atoms with Crippen molar-refractivity contribution < 1.29 is 33.4 Å². The monoisotopic (exact) mass is 550 g/mol. The zero-order valence-electron chi connectivity index (χ0n) is 22.1. The number of alkyl carbamates (subject to hydrolysis) is 1. The van der Waals surface area contributed by atoms with Gasteiger partial charge in [-0.15, -0.1) is 11.8 Å². The zero-order valence-corrected chi connectivity index (χ0v) is 22.9. The Morgan fingerprint density at radius 2 is 1.59 bits per heavy atom. The first kappa shape index (κ1) is 28.0. The molecular formula is C29H30N2O7S. The molecular weight excluding hydrogens is 520 g/mol. The Morgan fingerprint density at radius 1 is 1.03 bits per heavy atom. The van der Waals surface area contributed by atoms with Gasteiger partial charge < -0.3 is 19.5 Å². The number of nitrogens with zero attached hydrogens (tertiary/aromatic N) is 1. The van der Waals surface area contributed by atoms with E-state index in [9.17, 15) is 19.2 Å². The molecule has 2 amide bonds. The number of carbonyl (C=O) groups excluding carboxylic acids is 4. The largest absolute Gasteiger partial charge is 0.465 e. The Morgan fingerprint density at radius 3 is 2.10 bits per heavy atom. The van der Waals surface area contributed by atoms with Crippen molar-refractivity contribution in [3.63, 3.8) is 0 Å². The maximum atomic E-state index is 13.8. The van der Waals surface area contributed by atoms with Gasteiger partial charge in [0.15, 0.2) is 6.10 Å². The molecule has 0 spiro atoms. The molecule has 2 aromatic rings. The van der Waals surface area contributed by atoms with Crippen LogP contribution in [-0.2, 0) is 28.6 Å². The minimum absolute atomic E-state index is 0.0530. The van der Waals surface area contributed by atoms with Crippen molar-refractivity contribution in [2.75, 3.05) is 12.9 Å². The Bertz CT molecular complexity index is 1280. The van der Waals surface area contributed by atoms with Crippen molar-refractivity contribution in [3.05, 3.63) is 95.2 Å². The highest BCUT2D eigenvalue weighted by atomic mass is 32.2. The van der Waals surface area contributed by atoms with E-state index in [-0.39, 0.29) is 22.6 Å². The summed E-state index contributed by atoms with van der Waals surface area (Å²) in [6, 6.07) is 17.5. The molecule has 10 heteroatoms. The predicted molar refractivity (Wildman–Crippen MR) is 145 cm³/mol. The number of ether oxygens (including phenoxy) is 3. The molecule has 9 nitrogen and oxygen atoms in total. The molecule has 2 atom stereocenters. The Balaban J connectivity index is 1.68. The van der Waals surface area contributed by atoms with Crippen molar-refractivity contribution in [1.82, 2.24) is 10.2 Å². The molecule has 1 fully saturated rings. The average molecular weight is 551 g/mol. The highest BCUT2D eigenvalue weighted by Gasteiger charge is 2.55. The predicted octanol–water partition coefficient (Wildman–Crippen LogP) is 4.11. The highest BCUT2D eigenvalue weighted by Crippen LogP contribution is 2.43. The fraction of sp³-hybridized carbons (Fsp3) is 0.310. The lowest BCUT2D eigenvalue weighted by molar-refractivity contribution is -0.153. The van der Waals surface area contributed by atoms with Gasteiger partial charge in [-0.1, -0.05) is 67.2 Å². The molecule has 2 heterocycles. The Hall–Kier alpha value is -4.05. The summed E-state index contributed by atoms with van der Waals surface area (Å²) in [6.07, 6.45) is -1.52. The van der Waals surface area contributed by atoms with Gasteiger partial charge in [0, 0.05) is 11.3 Å². The molecule has 204 valence electrons. The summed E-state index contributed by atoms with van der Waals surface area (Å²) in [4.78, 5) is 53.1. The minimum atomic E-state index is -0.917. The Kier molecular flexibility index (Phi) is 8.15. The number of thioether (sulfide) groups is 1. The fourth-order valence-corrected chi connectivity index (χ4v) is 5.65. The average Bonchev–Trinajstić information content (AvgIpc) is 2.92. The molecule has 0 saturated carbocycles. The van der Waals surface area contributed by atoms with Crippen LogP contribution in [0.4, 0.5) is 4.79 Å². The second-order valence-electron chi connectivity index (χ2n) is 9.94. The summed E-state index contributed by atoms with van der Waals surface area (Å²) in [5.74, 6) is -1.90. The standard InChI is InChI=1S/C29H30N2O7S/c1-17(26(33)36-5)20-16-39-25-21(30-28(35)38-29(2,3)4)24(32)31(25)22(20)27(34)37-23(18-12-8-6-9-13-18)19-14-10-7-11-15-19/h6-15,21,23,25H,1,16H2,2-5H3,(H,30,35)/t21-,25-/m1/s1. The number of β-lactam (4-membered cyclic amide) rings is 1. The molecule has 0 radical (unpaired) electrons. The number of fused-ring (bicyclic) bond motifs is 1. The van der Waals surface area contributed by atoms with E-state index in [0.29, 0.717) is 0 Å². The van der Waals surface area contributed by atoms with Gasteiger partial charge in [0.2, 0.25) is 0 Å². The second-order valence-corrected chi connectivity index (χ2v) is 11.0. The second kappa shape index (κ2) is 11.4. The van der Waals surface area contributed by atoms with E-state index in [1.165, 1.54) is 23.8 Å². The summed E-state index contributed by atoms with van der Waals surface area (Å²) < 4.78 is 16.2. The van der Waals surface area contributed by atoms with Crippen LogP contribution in [0, 0.1) is 0 Å². The first-order chi connectivity index (χ1) is 18.5. The molecule has 2 aliphatic rings. The van der Waals surface area contributed by atoms with Crippen molar-refractivity contribution in [2.24, 2.45) is 0 Å². The van der Waals surface area contributed by atoms with Crippen molar-refractivity contribution in [3.8, 4) is 0 Å². The van der Waals surface area contributed by atoms with Gasteiger partial charge in [0.05, 0.1) is 12.7 Å². The van der Waals surface area contributed by atoms with Gasteiger partial charge in [-0.2, -0.15) is 0 Å². The molecule has 1 N–H and O–H groups in total. The molecule has 2 aliphatic heterocycles. The van der Waals surface area contributed by atoms with Crippen LogP contribution in [0.15, 0.2) is 84.1 Å². The maximum Gasteiger partial charge on any atom is 0.408 e. The first-order valence-electron chi connectivity index (χ1n) is 12.3. The van der Waals surface area contributed by atoms with Gasteiger partial charge in [-0.05, 0) is 31.9 Å². The molecule has 1 saturated heterocycles. The summed E-state index contributed by atoms with van der Waals surface area (Å²) in [5.41, 5.74) is 0.790. The molecule has 2 aromatic carbocycles. The van der Waals surface area contributed by atoms with E-state index in [1.807, 2.05) is 60.7 Å². The van der Waals surface area contributed by atoms with Crippen LogP contribution >= 0.6 is 11.8 Å². The van der Waals surface area contributed by atoms with Crippen LogP contribution in [0.2, 0.25) is 0 Å². The number of esters is 2. The normalized spacial score (nSPS) is 18.6. The van der Waals surface area contributed by atoms with Crippen molar-refractivity contribution in [1.29, 1.82) is 0 Å². The SMILES string of the molecule is C=C(C(=O)OC)C1=C(C(=O)OC(c2ccccc2)c2ccccc2)N2C(=O)[C@@H](NC(=O)OC(C)(C)C)[C@H]2SC1. The van der Waals surface area contributed by atoms with Crippen LogP contribution in [0.25, 0.3) is 0 Å². The lowest BCUT2D eigenvalue weighted by atomic mass is 9.98. The van der Waals surface area contributed by atoms with Crippen LogP contribution < -0.4 is 5.32 Å². The summed E-state index contributed by atoms with van der Waals surface area (Å²) in [5, 5.41) is 1.99. The number of hydrogen-bond donors (Lipinski definition) is 1. The fourth-order valence-electron chi connectivity index (χ4n) is 4.27. The molecule has 39 heavy (non-hydrogen) atoms. The van der Waals surface area contributed by atoms with E-state index in [4.69, 9.17) is 14.2 Å². The first-order valence-corrected chi connectivity index (χ1v) is 13.3. The van der Waals surface area contributed by atoms with E-state index in [2.05, 4.69) is 11.9 Å². The number of carbonyl (C=O) groups is 4. The molecule has 0 aliphatic carbocycles. The number of nitrogens with one attached hydrogen (secondary N) is 1. The number of methoxy groups -OCH3 is 1. The quantitative estimate of drug-likeness (QED) is 0.237. The smallest absolute Gasteiger partial charge is 0.408 e. The van der Waals surface area contributed by atoms with Crippen LogP contribution in [0.5, 0.6) is 0 Å². The third-order valence-electron chi connectivity index (χ3n) is 6.06. The van der Waals surface area contributed by atoms with E-state index >= 15 is 0 Å². The summed E-state index contributed by atoms with van der Waals surface area (Å²) in [6.45, 7) is 8.96. The topological polar surface area (TPSA) is 111 Å². The zero-order chi connectivity index (χ0) is 28.3. The van der Waals surface area contributed by atoms with Crippen molar-refractivity contribution >= 4 is 35.7 Å². The van der Waals surface area contributed by atoms with Gasteiger partial charge >= 0.3 is 18.0 Å². The number of hydrogen-bond acceptors (Lipinski definition) is 8. The molecule has 0 bridgehead atoms. The summed E-state index contributed by atoms with van der Waals surface area (Å²) >= 11 is 1.28. The minimum Gasteiger partial charge on any atom is -0.465 e. The third kappa shape index (κ3) is 6.01. The Labute approximate surface area is 231 Å². The molecule has 0 aromatic heterocycles. The van der Waals surface area contributed by atoms with Crippen LogP contribution in [0.3, 0.4) is 0 Å². The maximum absolute atomic E-state index is 13.8. The summed E-state index contributed by atoms with van der Waals surface area (Å²) in [7, 11) is 1.21. The van der Waals surface area contributed by atoms with E-state index in [0.717, 1.165) is 11.1 Å². The lowest BCUT2D eigenvalue weighted by Crippen LogP contribution is -2.70. The van der Waals surface area contributed by atoms with Gasteiger partial charge in [-0.3, -0.25) is 9.69 Å². The van der Waals surface area contributed by atoms with Gasteiger partial charge in [0.25, 0.3) is 5.91 Å². The number of rotatable bonds is 7. The third-order valence-corrected chi connectivity index (χ3v) is 7.34. The van der Waals surface area contributed by atoms with Crippen LogP contribution in [0.1, 0.15) is 38.0 Å².